The SMILES string of the molecule is Cc1ccccc1C(=O)NCc1sccc1C#CCN. The fraction of sp³-hybridized carbons (Fsp3) is 0.188. The molecule has 0 bridgehead atoms. The Balaban J connectivity index is 2.04. The van der Waals surface area contributed by atoms with Crippen molar-refractivity contribution in [2.75, 3.05) is 6.54 Å². The predicted molar refractivity (Wildman–Crippen MR) is 82.6 cm³/mol. The van der Waals surface area contributed by atoms with E-state index >= 15 is 0 Å². The Labute approximate surface area is 122 Å². The third-order valence-corrected chi connectivity index (χ3v) is 3.79. The van der Waals surface area contributed by atoms with E-state index in [9.17, 15) is 4.79 Å². The average molecular weight is 284 g/mol. The molecule has 102 valence electrons. The van der Waals surface area contributed by atoms with Gasteiger partial charge in [0, 0.05) is 16.0 Å². The molecule has 0 aliphatic carbocycles. The molecule has 1 amide bonds. The highest BCUT2D eigenvalue weighted by Crippen LogP contribution is 2.16. The smallest absolute Gasteiger partial charge is 0.251 e. The zero-order valence-electron chi connectivity index (χ0n) is 11.3. The fourth-order valence-corrected chi connectivity index (χ4v) is 2.59. The predicted octanol–water partition coefficient (Wildman–Crippen LogP) is 2.30. The van der Waals surface area contributed by atoms with Crippen molar-refractivity contribution in [1.82, 2.24) is 5.32 Å². The molecule has 1 aromatic heterocycles. The van der Waals surface area contributed by atoms with E-state index in [4.69, 9.17) is 5.73 Å². The summed E-state index contributed by atoms with van der Waals surface area (Å²) < 4.78 is 0. The highest BCUT2D eigenvalue weighted by Gasteiger charge is 2.09. The number of carbonyl (C=O) groups excluding carboxylic acids is 1. The van der Waals surface area contributed by atoms with Gasteiger partial charge in [0.05, 0.1) is 13.1 Å². The first-order valence-corrected chi connectivity index (χ1v) is 7.19. The highest BCUT2D eigenvalue weighted by atomic mass is 32.1. The Kier molecular flexibility index (Phi) is 4.94. The maximum absolute atomic E-state index is 12.1. The van der Waals surface area contributed by atoms with Crippen LogP contribution >= 0.6 is 11.3 Å². The summed E-state index contributed by atoms with van der Waals surface area (Å²) in [6, 6.07) is 9.49. The maximum atomic E-state index is 12.1. The number of benzene rings is 1. The zero-order valence-corrected chi connectivity index (χ0v) is 12.1. The molecule has 2 aromatic rings. The number of rotatable bonds is 3. The fourth-order valence-electron chi connectivity index (χ4n) is 1.82. The molecule has 20 heavy (non-hydrogen) atoms. The molecular weight excluding hydrogens is 268 g/mol. The van der Waals surface area contributed by atoms with Gasteiger partial charge in [-0.1, -0.05) is 30.0 Å². The van der Waals surface area contributed by atoms with E-state index in [1.165, 1.54) is 0 Å². The number of carbonyl (C=O) groups is 1. The van der Waals surface area contributed by atoms with E-state index in [-0.39, 0.29) is 5.91 Å². The summed E-state index contributed by atoms with van der Waals surface area (Å²) >= 11 is 1.58. The Morgan fingerprint density at radius 1 is 1.35 bits per heavy atom. The third kappa shape index (κ3) is 3.47. The number of aryl methyl sites for hydroxylation is 1. The lowest BCUT2D eigenvalue weighted by Crippen LogP contribution is -2.23. The lowest BCUT2D eigenvalue weighted by molar-refractivity contribution is 0.0950. The topological polar surface area (TPSA) is 55.1 Å². The lowest BCUT2D eigenvalue weighted by atomic mass is 10.1. The Hall–Kier alpha value is -2.09. The second-order valence-electron chi connectivity index (χ2n) is 4.26. The van der Waals surface area contributed by atoms with Crippen LogP contribution in [0.4, 0.5) is 0 Å². The van der Waals surface area contributed by atoms with Crippen molar-refractivity contribution >= 4 is 17.2 Å². The van der Waals surface area contributed by atoms with Crippen LogP contribution in [-0.4, -0.2) is 12.5 Å². The monoisotopic (exact) mass is 284 g/mol. The average Bonchev–Trinajstić information content (AvgIpc) is 2.90. The largest absolute Gasteiger partial charge is 0.347 e. The molecule has 0 spiro atoms. The van der Waals surface area contributed by atoms with Crippen molar-refractivity contribution in [3.63, 3.8) is 0 Å². The minimum absolute atomic E-state index is 0.0609. The second kappa shape index (κ2) is 6.90. The minimum atomic E-state index is -0.0609. The van der Waals surface area contributed by atoms with Crippen LogP contribution in [0.5, 0.6) is 0 Å². The van der Waals surface area contributed by atoms with Crippen LogP contribution in [0.2, 0.25) is 0 Å². The van der Waals surface area contributed by atoms with Gasteiger partial charge in [-0.05, 0) is 30.0 Å². The maximum Gasteiger partial charge on any atom is 0.251 e. The normalized spacial score (nSPS) is 9.70. The molecule has 0 unspecified atom stereocenters. The van der Waals surface area contributed by atoms with E-state index in [1.807, 2.05) is 42.6 Å². The van der Waals surface area contributed by atoms with Gasteiger partial charge >= 0.3 is 0 Å². The second-order valence-corrected chi connectivity index (χ2v) is 5.26. The van der Waals surface area contributed by atoms with Gasteiger partial charge in [0.15, 0.2) is 0 Å². The third-order valence-electron chi connectivity index (χ3n) is 2.87. The van der Waals surface area contributed by atoms with Gasteiger partial charge in [-0.2, -0.15) is 0 Å². The number of amides is 1. The summed E-state index contributed by atoms with van der Waals surface area (Å²) in [7, 11) is 0. The summed E-state index contributed by atoms with van der Waals surface area (Å²) in [5.74, 6) is 5.78. The molecule has 0 radical (unpaired) electrons. The molecule has 3 nitrogen and oxygen atoms in total. The van der Waals surface area contributed by atoms with E-state index in [0.717, 1.165) is 16.0 Å². The summed E-state index contributed by atoms with van der Waals surface area (Å²) in [5, 5.41) is 4.90. The Morgan fingerprint density at radius 2 is 2.15 bits per heavy atom. The van der Waals surface area contributed by atoms with Crippen molar-refractivity contribution in [3.8, 4) is 11.8 Å². The van der Waals surface area contributed by atoms with Crippen molar-refractivity contribution in [2.24, 2.45) is 5.73 Å². The molecular formula is C16H16N2OS. The molecule has 1 aromatic carbocycles. The Morgan fingerprint density at radius 3 is 2.90 bits per heavy atom. The number of nitrogens with one attached hydrogen (secondary N) is 1. The van der Waals surface area contributed by atoms with Gasteiger partial charge in [-0.25, -0.2) is 0 Å². The molecule has 0 atom stereocenters. The first kappa shape index (κ1) is 14.3. The minimum Gasteiger partial charge on any atom is -0.347 e. The summed E-state index contributed by atoms with van der Waals surface area (Å²) in [5.41, 5.74) is 7.98. The van der Waals surface area contributed by atoms with Crippen LogP contribution < -0.4 is 11.1 Å². The van der Waals surface area contributed by atoms with Crippen LogP contribution in [0, 0.1) is 18.8 Å². The molecule has 2 rings (SSSR count). The number of nitrogens with two attached hydrogens (primary N) is 1. The zero-order chi connectivity index (χ0) is 14.4. The van der Waals surface area contributed by atoms with Gasteiger partial charge in [0.2, 0.25) is 0 Å². The van der Waals surface area contributed by atoms with Crippen molar-refractivity contribution in [2.45, 2.75) is 13.5 Å². The van der Waals surface area contributed by atoms with Gasteiger partial charge in [-0.15, -0.1) is 11.3 Å². The lowest BCUT2D eigenvalue weighted by Gasteiger charge is -2.06. The standard InChI is InChI=1S/C16H16N2OS/c1-12-5-2-3-7-14(12)16(19)18-11-15-13(6-4-9-17)8-10-20-15/h2-3,5,7-8,10H,9,11,17H2,1H3,(H,18,19). The van der Waals surface area contributed by atoms with Crippen LogP contribution in [-0.2, 0) is 6.54 Å². The van der Waals surface area contributed by atoms with Crippen LogP contribution in [0.3, 0.4) is 0 Å². The van der Waals surface area contributed by atoms with Gasteiger partial charge in [-0.3, -0.25) is 4.79 Å². The summed E-state index contributed by atoms with van der Waals surface area (Å²) in [4.78, 5) is 13.2. The first-order chi connectivity index (χ1) is 9.72. The summed E-state index contributed by atoms with van der Waals surface area (Å²) in [6.07, 6.45) is 0. The highest BCUT2D eigenvalue weighted by molar-refractivity contribution is 7.10. The van der Waals surface area contributed by atoms with E-state index in [0.29, 0.717) is 18.7 Å². The van der Waals surface area contributed by atoms with E-state index in [1.54, 1.807) is 11.3 Å². The van der Waals surface area contributed by atoms with Gasteiger partial charge < -0.3 is 11.1 Å². The molecule has 1 heterocycles. The molecule has 0 aliphatic rings. The van der Waals surface area contributed by atoms with Gasteiger partial charge in [0.25, 0.3) is 5.91 Å². The van der Waals surface area contributed by atoms with Crippen molar-refractivity contribution in [3.05, 3.63) is 57.3 Å². The number of hydrogen-bond acceptors (Lipinski definition) is 3. The van der Waals surface area contributed by atoms with Gasteiger partial charge in [0.1, 0.15) is 0 Å². The van der Waals surface area contributed by atoms with Crippen molar-refractivity contribution in [1.29, 1.82) is 0 Å². The van der Waals surface area contributed by atoms with Crippen molar-refractivity contribution < 1.29 is 4.79 Å². The quantitative estimate of drug-likeness (QED) is 0.850. The molecule has 0 saturated carbocycles. The number of hydrogen-bond donors (Lipinski definition) is 2. The molecule has 4 heteroatoms. The van der Waals surface area contributed by atoms with E-state index < -0.39 is 0 Å². The van der Waals surface area contributed by atoms with E-state index in [2.05, 4.69) is 17.2 Å². The van der Waals surface area contributed by atoms with Crippen LogP contribution in [0.1, 0.15) is 26.4 Å². The first-order valence-electron chi connectivity index (χ1n) is 6.31. The molecule has 0 aliphatic heterocycles. The van der Waals surface area contributed by atoms with Crippen LogP contribution in [0.15, 0.2) is 35.7 Å². The van der Waals surface area contributed by atoms with Crippen LogP contribution in [0.25, 0.3) is 0 Å². The molecule has 0 saturated heterocycles. The molecule has 0 fully saturated rings. The number of thiophene rings is 1. The Bertz CT molecular complexity index is 664. The summed E-state index contributed by atoms with van der Waals surface area (Å²) in [6.45, 7) is 2.75. The molecule has 3 N–H and O–H groups in total.